The summed E-state index contributed by atoms with van der Waals surface area (Å²) in [4.78, 5) is 21.0. The summed E-state index contributed by atoms with van der Waals surface area (Å²) in [6, 6.07) is 18.8. The van der Waals surface area contributed by atoms with Crippen LogP contribution in [0.25, 0.3) is 0 Å². The van der Waals surface area contributed by atoms with Crippen molar-refractivity contribution >= 4 is 17.5 Å². The van der Waals surface area contributed by atoms with Crippen molar-refractivity contribution in [2.24, 2.45) is 0 Å². The Morgan fingerprint density at radius 3 is 2.57 bits per heavy atom. The quantitative estimate of drug-likeness (QED) is 0.578. The van der Waals surface area contributed by atoms with Gasteiger partial charge in [0.1, 0.15) is 18.1 Å². The molecule has 0 aliphatic heterocycles. The second kappa shape index (κ2) is 9.32. The third kappa shape index (κ3) is 5.41. The highest BCUT2D eigenvalue weighted by atomic mass is 16.5. The molecule has 0 saturated carbocycles. The Bertz CT molecular complexity index is 941. The highest BCUT2D eigenvalue weighted by Gasteiger charge is 2.11. The van der Waals surface area contributed by atoms with Crippen LogP contribution >= 0.6 is 0 Å². The molecule has 0 aliphatic rings. The summed E-state index contributed by atoms with van der Waals surface area (Å²) < 4.78 is 5.76. The summed E-state index contributed by atoms with van der Waals surface area (Å²) in [6.07, 6.45) is 1.70. The van der Waals surface area contributed by atoms with Crippen LogP contribution in [-0.2, 0) is 6.61 Å². The average Bonchev–Trinajstić information content (AvgIpc) is 2.72. The summed E-state index contributed by atoms with van der Waals surface area (Å²) in [5.74, 6) is 0.829. The molecule has 6 heteroatoms. The van der Waals surface area contributed by atoms with E-state index in [0.717, 1.165) is 11.3 Å². The van der Waals surface area contributed by atoms with E-state index in [1.807, 2.05) is 49.4 Å². The first-order valence-corrected chi connectivity index (χ1v) is 8.92. The van der Waals surface area contributed by atoms with Crippen LogP contribution in [0, 0.1) is 6.92 Å². The summed E-state index contributed by atoms with van der Waals surface area (Å²) in [5.41, 5.74) is 2.76. The van der Waals surface area contributed by atoms with Gasteiger partial charge in [0.05, 0.1) is 0 Å². The Kier molecular flexibility index (Phi) is 6.36. The minimum absolute atomic E-state index is 0.295. The second-order valence-corrected chi connectivity index (χ2v) is 6.14. The van der Waals surface area contributed by atoms with E-state index in [0.29, 0.717) is 36.2 Å². The number of ether oxygens (including phenoxy) is 1. The number of nitrogens with one attached hydrogen (secondary N) is 2. The van der Waals surface area contributed by atoms with Crippen LogP contribution in [0.5, 0.6) is 5.75 Å². The molecule has 2 N–H and O–H groups in total. The molecule has 0 bridgehead atoms. The van der Waals surface area contributed by atoms with Crippen LogP contribution in [0.15, 0.2) is 73.3 Å². The lowest BCUT2D eigenvalue weighted by atomic mass is 10.2. The van der Waals surface area contributed by atoms with Gasteiger partial charge < -0.3 is 15.4 Å². The number of nitrogens with zero attached hydrogens (tertiary/aromatic N) is 2. The van der Waals surface area contributed by atoms with Gasteiger partial charge in [0, 0.05) is 17.9 Å². The summed E-state index contributed by atoms with van der Waals surface area (Å²) in [6.45, 7) is 6.47. The smallest absolute Gasteiger partial charge is 0.274 e. The Morgan fingerprint density at radius 2 is 1.86 bits per heavy atom. The monoisotopic (exact) mass is 374 g/mol. The maximum Gasteiger partial charge on any atom is 0.274 e. The Balaban J connectivity index is 1.61. The number of carbonyl (C=O) groups is 1. The maximum absolute atomic E-state index is 12.5. The standard InChI is InChI=1S/C22H22N4O2/c1-3-13-23-22-24-16(2)14-20(26-22)21(27)25-18-9-11-19(12-10-18)28-15-17-7-5-4-6-8-17/h3-12,14H,1,13,15H2,2H3,(H,25,27)(H,23,24,26). The molecule has 0 spiro atoms. The third-order valence-electron chi connectivity index (χ3n) is 3.85. The molecule has 1 heterocycles. The van der Waals surface area contributed by atoms with Gasteiger partial charge in [-0.3, -0.25) is 4.79 Å². The Morgan fingerprint density at radius 1 is 1.11 bits per heavy atom. The van der Waals surface area contributed by atoms with Crippen molar-refractivity contribution in [2.45, 2.75) is 13.5 Å². The molecule has 1 aromatic heterocycles. The van der Waals surface area contributed by atoms with E-state index in [1.54, 1.807) is 24.3 Å². The van der Waals surface area contributed by atoms with E-state index >= 15 is 0 Å². The Labute approximate surface area is 164 Å². The molecule has 0 atom stereocenters. The van der Waals surface area contributed by atoms with Gasteiger partial charge in [0.15, 0.2) is 0 Å². The largest absolute Gasteiger partial charge is 0.489 e. The number of carbonyl (C=O) groups excluding carboxylic acids is 1. The number of aromatic nitrogens is 2. The fraction of sp³-hybridized carbons (Fsp3) is 0.136. The number of anilines is 2. The first-order valence-electron chi connectivity index (χ1n) is 8.92. The van der Waals surface area contributed by atoms with Crippen molar-refractivity contribution in [3.05, 3.63) is 90.3 Å². The van der Waals surface area contributed by atoms with Crippen molar-refractivity contribution in [1.29, 1.82) is 0 Å². The summed E-state index contributed by atoms with van der Waals surface area (Å²) in [5, 5.41) is 5.83. The van der Waals surface area contributed by atoms with E-state index in [9.17, 15) is 4.79 Å². The lowest BCUT2D eigenvalue weighted by Crippen LogP contribution is -2.16. The lowest BCUT2D eigenvalue weighted by Gasteiger charge is -2.09. The average molecular weight is 374 g/mol. The number of hydrogen-bond acceptors (Lipinski definition) is 5. The fourth-order valence-corrected chi connectivity index (χ4v) is 2.50. The molecular weight excluding hydrogens is 352 g/mol. The zero-order valence-electron chi connectivity index (χ0n) is 15.7. The van der Waals surface area contributed by atoms with Gasteiger partial charge in [-0.15, -0.1) is 6.58 Å². The highest BCUT2D eigenvalue weighted by Crippen LogP contribution is 2.18. The second-order valence-electron chi connectivity index (χ2n) is 6.14. The molecule has 1 amide bonds. The van der Waals surface area contributed by atoms with E-state index in [4.69, 9.17) is 4.74 Å². The van der Waals surface area contributed by atoms with Crippen LogP contribution < -0.4 is 15.4 Å². The predicted molar refractivity (Wildman–Crippen MR) is 111 cm³/mol. The van der Waals surface area contributed by atoms with E-state index in [-0.39, 0.29) is 5.91 Å². The van der Waals surface area contributed by atoms with E-state index in [1.165, 1.54) is 0 Å². The lowest BCUT2D eigenvalue weighted by molar-refractivity contribution is 0.102. The van der Waals surface area contributed by atoms with E-state index in [2.05, 4.69) is 27.2 Å². The molecule has 2 aromatic carbocycles. The SMILES string of the molecule is C=CCNc1nc(C)cc(C(=O)Nc2ccc(OCc3ccccc3)cc2)n1. The van der Waals surface area contributed by atoms with Crippen LogP contribution in [0.4, 0.5) is 11.6 Å². The molecule has 0 saturated heterocycles. The van der Waals surface area contributed by atoms with Crippen molar-refractivity contribution in [1.82, 2.24) is 9.97 Å². The number of benzene rings is 2. The first-order chi connectivity index (χ1) is 13.6. The van der Waals surface area contributed by atoms with Crippen LogP contribution in [0.3, 0.4) is 0 Å². The van der Waals surface area contributed by atoms with E-state index < -0.39 is 0 Å². The normalized spacial score (nSPS) is 10.2. The molecule has 6 nitrogen and oxygen atoms in total. The minimum atomic E-state index is -0.301. The van der Waals surface area contributed by atoms with Crippen LogP contribution in [0.2, 0.25) is 0 Å². The van der Waals surface area contributed by atoms with Crippen molar-refractivity contribution in [3.63, 3.8) is 0 Å². The molecule has 0 radical (unpaired) electrons. The molecule has 0 unspecified atom stereocenters. The number of amides is 1. The van der Waals surface area contributed by atoms with Gasteiger partial charge in [-0.1, -0.05) is 36.4 Å². The Hall–Kier alpha value is -3.67. The number of rotatable bonds is 8. The molecule has 0 fully saturated rings. The summed E-state index contributed by atoms with van der Waals surface area (Å²) in [7, 11) is 0. The van der Waals surface area contributed by atoms with Crippen molar-refractivity contribution < 1.29 is 9.53 Å². The fourth-order valence-electron chi connectivity index (χ4n) is 2.50. The zero-order chi connectivity index (χ0) is 19.8. The molecular formula is C22H22N4O2. The number of aryl methyl sites for hydroxylation is 1. The van der Waals surface area contributed by atoms with Gasteiger partial charge in [0.2, 0.25) is 5.95 Å². The number of hydrogen-bond donors (Lipinski definition) is 2. The molecule has 3 aromatic rings. The van der Waals surface area contributed by atoms with Crippen molar-refractivity contribution in [2.75, 3.05) is 17.2 Å². The van der Waals surface area contributed by atoms with Gasteiger partial charge in [-0.05, 0) is 42.8 Å². The molecule has 3 rings (SSSR count). The maximum atomic E-state index is 12.5. The van der Waals surface area contributed by atoms with Crippen molar-refractivity contribution in [3.8, 4) is 5.75 Å². The van der Waals surface area contributed by atoms with Gasteiger partial charge in [-0.2, -0.15) is 0 Å². The molecule has 28 heavy (non-hydrogen) atoms. The first kappa shape index (κ1) is 19.1. The van der Waals surface area contributed by atoms with Crippen LogP contribution in [0.1, 0.15) is 21.7 Å². The molecule has 142 valence electrons. The topological polar surface area (TPSA) is 76.1 Å². The van der Waals surface area contributed by atoms with Gasteiger partial charge >= 0.3 is 0 Å². The highest BCUT2D eigenvalue weighted by molar-refractivity contribution is 6.03. The van der Waals surface area contributed by atoms with Gasteiger partial charge in [-0.25, -0.2) is 9.97 Å². The summed E-state index contributed by atoms with van der Waals surface area (Å²) >= 11 is 0. The predicted octanol–water partition coefficient (Wildman–Crippen LogP) is 4.21. The van der Waals surface area contributed by atoms with Crippen LogP contribution in [-0.4, -0.2) is 22.4 Å². The third-order valence-corrected chi connectivity index (χ3v) is 3.85. The molecule has 0 aliphatic carbocycles. The van der Waals surface area contributed by atoms with Gasteiger partial charge in [0.25, 0.3) is 5.91 Å². The zero-order valence-corrected chi connectivity index (χ0v) is 15.7. The minimum Gasteiger partial charge on any atom is -0.489 e.